The first-order valence-electron chi connectivity index (χ1n) is 18.1. The quantitative estimate of drug-likeness (QED) is 0.165. The smallest absolute Gasteiger partial charge is 0.00141 e. The van der Waals surface area contributed by atoms with Crippen LogP contribution in [0.2, 0.25) is 0 Å². The van der Waals surface area contributed by atoms with E-state index < -0.39 is 0 Å². The van der Waals surface area contributed by atoms with Crippen LogP contribution in [0.4, 0.5) is 0 Å². The van der Waals surface area contributed by atoms with E-state index in [2.05, 4.69) is 194 Å². The molecule has 240 valence electrons. The first-order chi connectivity index (χ1) is 25.8. The second-order valence-electron chi connectivity index (χ2n) is 14.0. The van der Waals surface area contributed by atoms with E-state index >= 15 is 0 Å². The summed E-state index contributed by atoms with van der Waals surface area (Å²) in [4.78, 5) is 0. The van der Waals surface area contributed by atoms with Crippen molar-refractivity contribution in [1.82, 2.24) is 0 Å². The van der Waals surface area contributed by atoms with Crippen molar-refractivity contribution in [2.75, 3.05) is 0 Å². The van der Waals surface area contributed by atoms with Gasteiger partial charge in [-0.1, -0.05) is 188 Å². The van der Waals surface area contributed by atoms with Crippen LogP contribution in [0.3, 0.4) is 0 Å². The maximum Gasteiger partial charge on any atom is -0.00141 e. The predicted molar refractivity (Wildman–Crippen MR) is 224 cm³/mol. The fourth-order valence-electron chi connectivity index (χ4n) is 8.82. The zero-order chi connectivity index (χ0) is 34.2. The normalized spacial score (nSPS) is 11.8. The van der Waals surface area contributed by atoms with Gasteiger partial charge in [0.05, 0.1) is 0 Å². The van der Waals surface area contributed by atoms with E-state index in [1.807, 2.05) is 0 Å². The minimum absolute atomic E-state index is 1.22. The van der Waals surface area contributed by atoms with Gasteiger partial charge in [0.25, 0.3) is 0 Å². The predicted octanol–water partition coefficient (Wildman–Crippen LogP) is 14.7. The van der Waals surface area contributed by atoms with Gasteiger partial charge >= 0.3 is 0 Å². The lowest BCUT2D eigenvalue weighted by Gasteiger charge is -2.20. The van der Waals surface area contributed by atoms with Gasteiger partial charge in [0.1, 0.15) is 0 Å². The fraction of sp³-hybridized carbons (Fsp3) is 0. The summed E-state index contributed by atoms with van der Waals surface area (Å²) in [5, 5.41) is 15.4. The highest BCUT2D eigenvalue weighted by atomic mass is 14.2. The minimum Gasteiger partial charge on any atom is -0.0616 e. The number of rotatable bonds is 4. The largest absolute Gasteiger partial charge is 0.0616 e. The summed E-state index contributed by atoms with van der Waals surface area (Å²) in [6.07, 6.45) is 0. The Hall–Kier alpha value is -6.76. The second kappa shape index (κ2) is 11.4. The molecule has 0 saturated carbocycles. The van der Waals surface area contributed by atoms with Crippen molar-refractivity contribution in [2.24, 2.45) is 0 Å². The van der Waals surface area contributed by atoms with Gasteiger partial charge in [-0.2, -0.15) is 0 Å². The van der Waals surface area contributed by atoms with Crippen molar-refractivity contribution in [3.63, 3.8) is 0 Å². The molecule has 0 aromatic heterocycles. The van der Waals surface area contributed by atoms with Crippen LogP contribution < -0.4 is 0 Å². The summed E-state index contributed by atoms with van der Waals surface area (Å²) in [5.74, 6) is 0. The molecule has 0 amide bonds. The maximum atomic E-state index is 2.45. The van der Waals surface area contributed by atoms with Crippen molar-refractivity contribution in [1.29, 1.82) is 0 Å². The Morgan fingerprint density at radius 1 is 0.192 bits per heavy atom. The van der Waals surface area contributed by atoms with E-state index in [0.29, 0.717) is 0 Å². The molecular formula is C52H32. The molecule has 11 aromatic carbocycles. The van der Waals surface area contributed by atoms with Crippen molar-refractivity contribution >= 4 is 64.6 Å². The maximum absolute atomic E-state index is 2.45. The van der Waals surface area contributed by atoms with E-state index in [1.54, 1.807) is 0 Å². The fourth-order valence-corrected chi connectivity index (χ4v) is 8.82. The number of benzene rings is 11. The van der Waals surface area contributed by atoms with Crippen LogP contribution in [0.15, 0.2) is 194 Å². The molecule has 11 aromatic rings. The zero-order valence-electron chi connectivity index (χ0n) is 28.5. The summed E-state index contributed by atoms with van der Waals surface area (Å²) in [6.45, 7) is 0. The van der Waals surface area contributed by atoms with E-state index in [0.717, 1.165) is 0 Å². The molecular weight excluding hydrogens is 625 g/mol. The Labute approximate surface area is 302 Å². The number of hydrogen-bond donors (Lipinski definition) is 0. The Balaban J connectivity index is 1.21. The monoisotopic (exact) mass is 656 g/mol. The van der Waals surface area contributed by atoms with Crippen LogP contribution in [0.1, 0.15) is 0 Å². The highest BCUT2D eigenvalue weighted by Gasteiger charge is 2.20. The molecule has 0 aliphatic rings. The first kappa shape index (κ1) is 29.0. The highest BCUT2D eigenvalue weighted by Crippen LogP contribution is 2.47. The van der Waals surface area contributed by atoms with Crippen LogP contribution in [0.5, 0.6) is 0 Å². The second-order valence-corrected chi connectivity index (χ2v) is 14.0. The van der Waals surface area contributed by atoms with Crippen molar-refractivity contribution in [3.05, 3.63) is 194 Å². The third kappa shape index (κ3) is 4.35. The van der Waals surface area contributed by atoms with Gasteiger partial charge in [-0.3, -0.25) is 0 Å². The van der Waals surface area contributed by atoms with Gasteiger partial charge in [-0.05, 0) is 115 Å². The van der Waals surface area contributed by atoms with E-state index in [1.165, 1.54) is 109 Å². The van der Waals surface area contributed by atoms with Gasteiger partial charge < -0.3 is 0 Å². The molecule has 0 aliphatic heterocycles. The Bertz CT molecular complexity index is 3150. The van der Waals surface area contributed by atoms with E-state index in [9.17, 15) is 0 Å². The average Bonchev–Trinajstić information content (AvgIpc) is 3.22. The topological polar surface area (TPSA) is 0 Å². The van der Waals surface area contributed by atoms with E-state index in [-0.39, 0.29) is 0 Å². The first-order valence-corrected chi connectivity index (χ1v) is 18.1. The molecule has 0 bridgehead atoms. The summed E-state index contributed by atoms with van der Waals surface area (Å²) in [5.41, 5.74) is 10.0. The van der Waals surface area contributed by atoms with Crippen LogP contribution in [-0.2, 0) is 0 Å². The molecule has 0 unspecified atom stereocenters. The average molecular weight is 657 g/mol. The van der Waals surface area contributed by atoms with Crippen molar-refractivity contribution in [2.45, 2.75) is 0 Å². The molecule has 11 rings (SSSR count). The molecule has 0 radical (unpaired) electrons. The summed E-state index contributed by atoms with van der Waals surface area (Å²) in [7, 11) is 0. The third-order valence-electron chi connectivity index (χ3n) is 11.2. The zero-order valence-corrected chi connectivity index (χ0v) is 28.5. The molecule has 52 heavy (non-hydrogen) atoms. The van der Waals surface area contributed by atoms with Gasteiger partial charge in [0.15, 0.2) is 0 Å². The lowest BCUT2D eigenvalue weighted by atomic mass is 9.83. The SMILES string of the molecule is c1ccc2c(-c3ccc(-c4cc(-c5cccc6ccccc56)c5ccc6ccc(-c7cccc8ccccc78)c7ccc4c5c67)cc3)cccc2c1. The number of hydrogen-bond acceptors (Lipinski definition) is 0. The van der Waals surface area contributed by atoms with Crippen molar-refractivity contribution < 1.29 is 0 Å². The van der Waals surface area contributed by atoms with Crippen LogP contribution in [-0.4, -0.2) is 0 Å². The Morgan fingerprint density at radius 2 is 0.596 bits per heavy atom. The minimum atomic E-state index is 1.22. The molecule has 0 N–H and O–H groups in total. The Kier molecular flexibility index (Phi) is 6.35. The van der Waals surface area contributed by atoms with E-state index in [4.69, 9.17) is 0 Å². The standard InChI is InChI=1S/C52H32/c1-4-16-39-33(10-1)13-7-19-40(39)36-22-24-37(25-23-36)49-32-50(44-21-9-15-35-12-3-6-18-42(35)44)48-29-27-38-26-28-45(46-30-31-47(49)52(48)51(38)46)43-20-8-14-34-11-2-5-17-41(34)43/h1-32H. The molecule has 0 nitrogen and oxygen atoms in total. The molecule has 0 fully saturated rings. The molecule has 0 heterocycles. The number of fused-ring (bicyclic) bond motifs is 3. The van der Waals surface area contributed by atoms with Crippen LogP contribution in [0, 0.1) is 0 Å². The van der Waals surface area contributed by atoms with Gasteiger partial charge in [0, 0.05) is 0 Å². The molecule has 0 aliphatic carbocycles. The molecule has 0 saturated heterocycles. The van der Waals surface area contributed by atoms with Crippen molar-refractivity contribution in [3.8, 4) is 44.5 Å². The summed E-state index contributed by atoms with van der Waals surface area (Å²) < 4.78 is 0. The lowest BCUT2D eigenvalue weighted by molar-refractivity contribution is 1.62. The van der Waals surface area contributed by atoms with Gasteiger partial charge in [0.2, 0.25) is 0 Å². The van der Waals surface area contributed by atoms with Gasteiger partial charge in [-0.15, -0.1) is 0 Å². The highest BCUT2D eigenvalue weighted by molar-refractivity contribution is 6.31. The molecule has 0 heteroatoms. The lowest BCUT2D eigenvalue weighted by Crippen LogP contribution is -1.93. The third-order valence-corrected chi connectivity index (χ3v) is 11.2. The van der Waals surface area contributed by atoms with Crippen LogP contribution >= 0.6 is 0 Å². The van der Waals surface area contributed by atoms with Crippen LogP contribution in [0.25, 0.3) is 109 Å². The molecule has 0 atom stereocenters. The van der Waals surface area contributed by atoms with Gasteiger partial charge in [-0.25, -0.2) is 0 Å². The molecule has 0 spiro atoms. The summed E-state index contributed by atoms with van der Waals surface area (Å²) >= 11 is 0. The summed E-state index contributed by atoms with van der Waals surface area (Å²) in [6, 6.07) is 71.9. The Morgan fingerprint density at radius 3 is 1.21 bits per heavy atom.